The highest BCUT2D eigenvalue weighted by molar-refractivity contribution is 7.99. The van der Waals surface area contributed by atoms with Crippen molar-refractivity contribution in [2.75, 3.05) is 5.75 Å². The number of hydrogen-bond acceptors (Lipinski definition) is 5. The van der Waals surface area contributed by atoms with Gasteiger partial charge < -0.3 is 9.67 Å². The number of allylic oxidation sites excluding steroid dienone is 1. The van der Waals surface area contributed by atoms with Crippen molar-refractivity contribution < 1.29 is 9.90 Å². The first kappa shape index (κ1) is 14.3. The van der Waals surface area contributed by atoms with Crippen LogP contribution in [0.25, 0.3) is 0 Å². The van der Waals surface area contributed by atoms with Gasteiger partial charge in [-0.1, -0.05) is 17.8 Å². The zero-order valence-corrected chi connectivity index (χ0v) is 12.9. The molecule has 0 radical (unpaired) electrons. The molecule has 0 aromatic rings. The predicted octanol–water partition coefficient (Wildman–Crippen LogP) is 1.88. The summed E-state index contributed by atoms with van der Waals surface area (Å²) in [7, 11) is 0. The topological polar surface area (TPSA) is 72.2 Å². The molecular weight excluding hydrogens is 308 g/mol. The van der Waals surface area contributed by atoms with E-state index in [0.717, 1.165) is 31.0 Å². The molecule has 110 valence electrons. The molecule has 0 fully saturated rings. The van der Waals surface area contributed by atoms with E-state index in [9.17, 15) is 9.59 Å². The van der Waals surface area contributed by atoms with Gasteiger partial charge in [-0.3, -0.25) is 9.59 Å². The van der Waals surface area contributed by atoms with Gasteiger partial charge in [-0.2, -0.15) is 0 Å². The molecule has 3 aliphatic rings. The van der Waals surface area contributed by atoms with E-state index in [0.29, 0.717) is 16.6 Å². The lowest BCUT2D eigenvalue weighted by Gasteiger charge is -2.10. The quantitative estimate of drug-likeness (QED) is 0.672. The molecule has 21 heavy (non-hydrogen) atoms. The van der Waals surface area contributed by atoms with Crippen molar-refractivity contribution >= 4 is 29.1 Å². The van der Waals surface area contributed by atoms with Crippen molar-refractivity contribution in [1.82, 2.24) is 9.55 Å². The van der Waals surface area contributed by atoms with E-state index in [1.165, 1.54) is 10.6 Å². The van der Waals surface area contributed by atoms with Gasteiger partial charge in [0.15, 0.2) is 0 Å². The number of hydrogen-bond donors (Lipinski definition) is 1. The van der Waals surface area contributed by atoms with Gasteiger partial charge in [-0.15, -0.1) is 17.9 Å². The molecule has 2 heterocycles. The molecule has 0 aromatic carbocycles. The Morgan fingerprint density at radius 1 is 1.52 bits per heavy atom. The number of carboxylic acids is 1. The molecule has 1 aliphatic carbocycles. The predicted molar refractivity (Wildman–Crippen MR) is 82.3 cm³/mol. The first-order chi connectivity index (χ1) is 10.1. The Morgan fingerprint density at radius 2 is 2.33 bits per heavy atom. The summed E-state index contributed by atoms with van der Waals surface area (Å²) in [5.41, 5.74) is 1.04. The van der Waals surface area contributed by atoms with Crippen LogP contribution in [0.3, 0.4) is 0 Å². The van der Waals surface area contributed by atoms with Gasteiger partial charge in [0.1, 0.15) is 15.0 Å². The third-order valence-electron chi connectivity index (χ3n) is 3.41. The van der Waals surface area contributed by atoms with Gasteiger partial charge >= 0.3 is 5.97 Å². The Kier molecular flexibility index (Phi) is 3.86. The number of fused-ring (bicyclic) bond motifs is 1. The monoisotopic (exact) mass is 322 g/mol. The highest BCUT2D eigenvalue weighted by Crippen LogP contribution is 2.27. The maximum absolute atomic E-state index is 12.5. The van der Waals surface area contributed by atoms with Crippen molar-refractivity contribution in [3.05, 3.63) is 43.5 Å². The SMILES string of the molecule is C=CCn1c2c(sc3nc(SCC(=O)O)c(=O)c1=3)CCC2. The van der Waals surface area contributed by atoms with Crippen LogP contribution in [-0.4, -0.2) is 26.4 Å². The van der Waals surface area contributed by atoms with Gasteiger partial charge in [0.05, 0.1) is 5.75 Å². The average molecular weight is 322 g/mol. The Hall–Kier alpha value is -1.60. The Balaban J connectivity index is 2.20. The maximum Gasteiger partial charge on any atom is 0.313 e. The normalized spacial score (nSPS) is 13.5. The molecule has 0 saturated carbocycles. The van der Waals surface area contributed by atoms with Gasteiger partial charge in [0, 0.05) is 17.1 Å². The summed E-state index contributed by atoms with van der Waals surface area (Å²) < 4.78 is 2.71. The van der Waals surface area contributed by atoms with E-state index in [4.69, 9.17) is 5.11 Å². The molecule has 0 atom stereocenters. The van der Waals surface area contributed by atoms with Crippen molar-refractivity contribution in [3.8, 4) is 0 Å². The lowest BCUT2D eigenvalue weighted by Crippen LogP contribution is -2.14. The van der Waals surface area contributed by atoms with Crippen molar-refractivity contribution in [2.24, 2.45) is 0 Å². The van der Waals surface area contributed by atoms with Crippen LogP contribution >= 0.6 is 23.1 Å². The van der Waals surface area contributed by atoms with E-state index in [1.54, 1.807) is 17.4 Å². The number of aliphatic carboxylic acids is 1. The molecule has 0 bridgehead atoms. The van der Waals surface area contributed by atoms with E-state index in [2.05, 4.69) is 11.6 Å². The molecule has 5 nitrogen and oxygen atoms in total. The molecule has 7 heteroatoms. The van der Waals surface area contributed by atoms with E-state index < -0.39 is 5.97 Å². The third-order valence-corrected chi connectivity index (χ3v) is 5.52. The summed E-state index contributed by atoms with van der Waals surface area (Å²) in [6.45, 7) is 4.34. The largest absolute Gasteiger partial charge is 0.481 e. The maximum atomic E-state index is 12.5. The minimum atomic E-state index is -0.948. The Bertz CT molecular complexity index is 837. The molecule has 3 rings (SSSR count). The number of aromatic nitrogens is 2. The molecule has 0 spiro atoms. The van der Waals surface area contributed by atoms with Crippen molar-refractivity contribution in [2.45, 2.75) is 30.8 Å². The van der Waals surface area contributed by atoms with Crippen LogP contribution in [-0.2, 0) is 24.2 Å². The van der Waals surface area contributed by atoms with Gasteiger partial charge in [0.2, 0.25) is 5.43 Å². The molecule has 0 amide bonds. The fourth-order valence-electron chi connectivity index (χ4n) is 2.61. The summed E-state index contributed by atoms with van der Waals surface area (Å²) in [5, 5.41) is 9.62. The second kappa shape index (κ2) is 5.65. The molecule has 0 aromatic heterocycles. The summed E-state index contributed by atoms with van der Waals surface area (Å²) in [6.07, 6.45) is 4.87. The molecule has 1 N–H and O–H groups in total. The van der Waals surface area contributed by atoms with Crippen LogP contribution in [0.1, 0.15) is 17.0 Å². The molecule has 0 unspecified atom stereocenters. The smallest absolute Gasteiger partial charge is 0.313 e. The Labute approximate surface area is 129 Å². The number of rotatable bonds is 5. The van der Waals surface area contributed by atoms with Crippen LogP contribution in [0.5, 0.6) is 0 Å². The lowest BCUT2D eigenvalue weighted by atomic mass is 10.3. The van der Waals surface area contributed by atoms with Crippen LogP contribution in [0.15, 0.2) is 22.5 Å². The summed E-state index contributed by atoms with van der Waals surface area (Å²) in [6, 6.07) is 0. The summed E-state index contributed by atoms with van der Waals surface area (Å²) in [5.74, 6) is -1.10. The van der Waals surface area contributed by atoms with Crippen LogP contribution in [0.4, 0.5) is 0 Å². The highest BCUT2D eigenvalue weighted by Gasteiger charge is 2.20. The number of aryl methyl sites for hydroxylation is 1. The first-order valence-corrected chi connectivity index (χ1v) is 8.42. The third kappa shape index (κ3) is 2.51. The van der Waals surface area contributed by atoms with E-state index in [1.807, 2.05) is 4.57 Å². The number of carboxylic acid groups (broad SMARTS) is 1. The molecule has 0 saturated heterocycles. The summed E-state index contributed by atoms with van der Waals surface area (Å²) >= 11 is 2.55. The van der Waals surface area contributed by atoms with Crippen LogP contribution < -0.4 is 5.43 Å². The fourth-order valence-corrected chi connectivity index (χ4v) is 4.56. The van der Waals surface area contributed by atoms with E-state index >= 15 is 0 Å². The van der Waals surface area contributed by atoms with E-state index in [-0.39, 0.29) is 16.2 Å². The van der Waals surface area contributed by atoms with Gasteiger partial charge in [-0.25, -0.2) is 4.98 Å². The second-order valence-corrected chi connectivity index (χ2v) is 6.85. The summed E-state index contributed by atoms with van der Waals surface area (Å²) in [4.78, 5) is 28.8. The second-order valence-electron chi connectivity index (χ2n) is 4.81. The minimum absolute atomic E-state index is 0.148. The number of carbonyl (C=O) groups is 1. The Morgan fingerprint density at radius 3 is 3.05 bits per heavy atom. The van der Waals surface area contributed by atoms with Crippen molar-refractivity contribution in [1.29, 1.82) is 0 Å². The highest BCUT2D eigenvalue weighted by atomic mass is 32.2. The standard InChI is InChI=1S/C14H14N2O3S2/c1-2-6-16-8-4-3-5-9(8)21-13-11(16)12(19)14(15-13)20-7-10(17)18/h2H,1,3-7H2,(H,17,18). The lowest BCUT2D eigenvalue weighted by molar-refractivity contribution is -0.133. The zero-order chi connectivity index (χ0) is 15.0. The first-order valence-electron chi connectivity index (χ1n) is 6.62. The van der Waals surface area contributed by atoms with Crippen molar-refractivity contribution in [3.63, 3.8) is 0 Å². The molecule has 2 aliphatic heterocycles. The van der Waals surface area contributed by atoms with Gasteiger partial charge in [0.25, 0.3) is 0 Å². The number of thioether (sulfide) groups is 1. The average Bonchev–Trinajstić information content (AvgIpc) is 3.02. The van der Waals surface area contributed by atoms with Crippen LogP contribution in [0, 0.1) is 10.0 Å². The van der Waals surface area contributed by atoms with Crippen LogP contribution in [0.2, 0.25) is 0 Å². The fraction of sp³-hybridized carbons (Fsp3) is 0.357. The van der Waals surface area contributed by atoms with Gasteiger partial charge in [-0.05, 0) is 19.3 Å². The number of nitrogens with zero attached hydrogens (tertiary/aromatic N) is 2. The zero-order valence-electron chi connectivity index (χ0n) is 11.3. The minimum Gasteiger partial charge on any atom is -0.481 e. The molecular formula is C14H14N2O3S2.